The van der Waals surface area contributed by atoms with Crippen LogP contribution in [0.4, 0.5) is 0 Å². The van der Waals surface area contributed by atoms with Gasteiger partial charge in [0.05, 0.1) is 0 Å². The first-order valence-electron chi connectivity index (χ1n) is 52.0. The van der Waals surface area contributed by atoms with E-state index in [-0.39, 0.29) is 0 Å². The topological polar surface area (TPSA) is 19.4 Å². The summed E-state index contributed by atoms with van der Waals surface area (Å²) in [6.07, 6.45) is 15.8. The molecular weight excluding hydrogens is 1630 g/mol. The van der Waals surface area contributed by atoms with Crippen LogP contribution in [0.2, 0.25) is 0 Å². The van der Waals surface area contributed by atoms with Crippen LogP contribution in [0.25, 0.3) is 112 Å². The summed E-state index contributed by atoms with van der Waals surface area (Å²) in [6, 6.07) is 99.1. The number of rotatable bonds is 5. The maximum atomic E-state index is 2.38. The van der Waals surface area contributed by atoms with E-state index in [2.05, 4.69) is 397 Å². The first kappa shape index (κ1) is 121. The van der Waals surface area contributed by atoms with Gasteiger partial charge in [-0.1, -0.05) is 359 Å². The molecule has 0 amide bonds. The minimum atomic E-state index is 1.05. The zero-order chi connectivity index (χ0) is 102. The summed E-state index contributed by atoms with van der Waals surface area (Å²) in [6.45, 7) is 71.1. The molecule has 15 aromatic rings. The van der Waals surface area contributed by atoms with Gasteiger partial charge in [0.2, 0.25) is 28.5 Å². The maximum Gasteiger partial charge on any atom is 0.212 e. The Balaban J connectivity index is 0.000000787. The first-order chi connectivity index (χ1) is 66.2. The Morgan fingerprint density at radius 3 is 0.600 bits per heavy atom. The Labute approximate surface area is 826 Å². The van der Waals surface area contributed by atoms with Crippen LogP contribution in [0.3, 0.4) is 0 Å². The van der Waals surface area contributed by atoms with Gasteiger partial charge >= 0.3 is 0 Å². The normalized spacial score (nSPS) is 10.1. The average molecular weight is 1810 g/mol. The van der Waals surface area contributed by atoms with Gasteiger partial charge in [0.15, 0.2) is 31.0 Å². The molecule has 20 rings (SSSR count). The third-order valence-electron chi connectivity index (χ3n) is 22.4. The third kappa shape index (κ3) is 30.7. The lowest BCUT2D eigenvalue weighted by Crippen LogP contribution is -2.30. The Morgan fingerprint density at radius 2 is 0.341 bits per heavy atom. The fourth-order valence-corrected chi connectivity index (χ4v) is 17.0. The molecule has 0 saturated heterocycles. The van der Waals surface area contributed by atoms with Crippen LogP contribution >= 0.6 is 0 Å². The second kappa shape index (κ2) is 67.2. The van der Waals surface area contributed by atoms with Gasteiger partial charge in [-0.15, -0.1) is 0 Å². The van der Waals surface area contributed by atoms with Gasteiger partial charge in [-0.2, -0.15) is 0 Å². The predicted molar refractivity (Wildman–Crippen MR) is 600 cm³/mol. The quantitative estimate of drug-likeness (QED) is 0.153. The van der Waals surface area contributed by atoms with Crippen LogP contribution in [-0.2, 0) is 67.3 Å². The number of nitrogens with zero attached hydrogens (tertiary/aromatic N) is 5. The van der Waals surface area contributed by atoms with Gasteiger partial charge < -0.3 is 0 Å². The smallest absolute Gasteiger partial charge is 0.201 e. The fourth-order valence-electron chi connectivity index (χ4n) is 17.0. The van der Waals surface area contributed by atoms with Crippen molar-refractivity contribution in [3.05, 3.63) is 387 Å². The number of benzene rings is 10. The SMILES string of the molecule is CC.CC.CC.CC.CC.CC.CC.CC.CC.CC.CC.CC.CC.CC.CC.Cc1c(-c2cccc[n+]2C)ccc2c1-c1ccccc1C2.Cc1cc2c(cc1-c1cccc[n+]1C)-c1ccccc1C2.Cc1cc2c(cc1-c1cccc[n+]1C)-c1ccccc1C2.Cc1cc2c(cc1-c1cccc[n+]1C)Cc1ccccc1-2.Cc1cc2c(cc1-c1cccc[n+]1C)Cc1ccccc1-2. The maximum absolute atomic E-state index is 2.38. The van der Waals surface area contributed by atoms with E-state index >= 15 is 0 Å². The molecule has 5 aliphatic rings. The molecule has 0 atom stereocenters. The van der Waals surface area contributed by atoms with E-state index in [1.54, 1.807) is 0 Å². The van der Waals surface area contributed by atoms with E-state index in [9.17, 15) is 0 Å². The molecule has 0 unspecified atom stereocenters. The van der Waals surface area contributed by atoms with Crippen LogP contribution in [-0.4, -0.2) is 0 Å². The summed E-state index contributed by atoms with van der Waals surface area (Å²) >= 11 is 0. The van der Waals surface area contributed by atoms with Gasteiger partial charge in [0.1, 0.15) is 35.2 Å². The number of hydrogen-bond donors (Lipinski definition) is 0. The van der Waals surface area contributed by atoms with Crippen LogP contribution in [0.5, 0.6) is 0 Å². The number of aromatic nitrogens is 5. The van der Waals surface area contributed by atoms with Gasteiger partial charge in [0, 0.05) is 88.5 Å². The molecule has 0 fully saturated rings. The predicted octanol–water partition coefficient (Wildman–Crippen LogP) is 35.7. The van der Waals surface area contributed by atoms with Crippen molar-refractivity contribution in [2.45, 2.75) is 274 Å². The molecule has 0 saturated carbocycles. The zero-order valence-electron chi connectivity index (χ0n) is 92.1. The average Bonchev–Trinajstić information content (AvgIpc) is 1.65. The second-order valence-electron chi connectivity index (χ2n) is 29.2. The number of fused-ring (bicyclic) bond motifs is 15. The molecule has 5 heterocycles. The molecule has 135 heavy (non-hydrogen) atoms. The van der Waals surface area contributed by atoms with E-state index in [0.717, 1.165) is 32.1 Å². The van der Waals surface area contributed by atoms with Crippen LogP contribution in [0.15, 0.2) is 304 Å². The highest BCUT2D eigenvalue weighted by molar-refractivity contribution is 5.87. The molecule has 0 N–H and O–H groups in total. The van der Waals surface area contributed by atoms with Crippen LogP contribution < -0.4 is 22.8 Å². The van der Waals surface area contributed by atoms with Crippen molar-refractivity contribution in [1.82, 2.24) is 0 Å². The summed E-state index contributed by atoms with van der Waals surface area (Å²) in [4.78, 5) is 0. The van der Waals surface area contributed by atoms with Gasteiger partial charge in [0.25, 0.3) is 0 Å². The molecule has 5 aromatic heterocycles. The van der Waals surface area contributed by atoms with Gasteiger partial charge in [-0.3, -0.25) is 0 Å². The van der Waals surface area contributed by atoms with Crippen molar-refractivity contribution < 1.29 is 22.8 Å². The van der Waals surface area contributed by atoms with Crippen LogP contribution in [0, 0.1) is 34.6 Å². The Morgan fingerprint density at radius 1 is 0.148 bits per heavy atom. The largest absolute Gasteiger partial charge is 0.212 e. The molecular formula is C130H180N5+5. The van der Waals surface area contributed by atoms with E-state index in [4.69, 9.17) is 0 Å². The fraction of sp³-hybridized carbons (Fsp3) is 0.346. The highest BCUT2D eigenvalue weighted by atomic mass is 14.9. The van der Waals surface area contributed by atoms with E-state index in [1.165, 1.54) is 195 Å². The standard InChI is InChI=1S/5C20H18N.15C2H6/c1-14-17(19-9-5-6-12-21(19)2)11-10-16-13-15-7-3-4-8-18(15)20(14)16;2*1-14-11-19-16(12-15-7-3-4-8-17(15)19)13-18(14)20-9-5-6-10-21(20)2;2*1-14-11-16-12-15-7-3-4-8-17(15)19(16)13-18(14)20-9-5-6-10-21(20)2;15*1-2/h3-12H,13H2,1-2H3;4*3-11,13H,12H2,1-2H3;15*1-2H3/q5*+1;;;;;;;;;;;;;;;. The molecule has 720 valence electrons. The second-order valence-corrected chi connectivity index (χ2v) is 29.2. The Bertz CT molecular complexity index is 5560. The molecule has 0 bridgehead atoms. The molecule has 0 aliphatic heterocycles. The lowest BCUT2D eigenvalue weighted by molar-refractivity contribution is -0.660. The number of hydrogen-bond acceptors (Lipinski definition) is 0. The summed E-state index contributed by atoms with van der Waals surface area (Å²) in [5.74, 6) is 0. The lowest BCUT2D eigenvalue weighted by Gasteiger charge is -2.10. The Kier molecular flexibility index (Phi) is 60.2. The first-order valence-corrected chi connectivity index (χ1v) is 52.0. The van der Waals surface area contributed by atoms with E-state index < -0.39 is 0 Å². The van der Waals surface area contributed by atoms with Crippen molar-refractivity contribution in [2.75, 3.05) is 0 Å². The Hall–Kier alpha value is -12.1. The summed E-state index contributed by atoms with van der Waals surface area (Å²) in [5.41, 5.74) is 48.3. The number of pyridine rings is 5. The zero-order valence-corrected chi connectivity index (χ0v) is 92.1. The molecule has 5 nitrogen and oxygen atoms in total. The van der Waals surface area contributed by atoms with Crippen molar-refractivity contribution in [2.24, 2.45) is 35.2 Å². The van der Waals surface area contributed by atoms with Crippen molar-refractivity contribution in [1.29, 1.82) is 0 Å². The van der Waals surface area contributed by atoms with Crippen molar-refractivity contribution in [3.63, 3.8) is 0 Å². The van der Waals surface area contributed by atoms with E-state index in [0.29, 0.717) is 0 Å². The summed E-state index contributed by atoms with van der Waals surface area (Å²) in [5, 5.41) is 0. The van der Waals surface area contributed by atoms with Crippen LogP contribution in [0.1, 0.15) is 291 Å². The molecule has 0 spiro atoms. The summed E-state index contributed by atoms with van der Waals surface area (Å²) in [7, 11) is 10.5. The van der Waals surface area contributed by atoms with E-state index in [1.807, 2.05) is 208 Å². The minimum Gasteiger partial charge on any atom is -0.201 e. The minimum absolute atomic E-state index is 1.05. The highest BCUT2D eigenvalue weighted by Gasteiger charge is 2.29. The van der Waals surface area contributed by atoms with Crippen molar-refractivity contribution in [3.8, 4) is 112 Å². The number of aryl methyl sites for hydroxylation is 9. The highest BCUT2D eigenvalue weighted by Crippen LogP contribution is 2.46. The molecule has 5 aliphatic carbocycles. The molecule has 5 heteroatoms. The third-order valence-corrected chi connectivity index (χ3v) is 22.4. The monoisotopic (exact) mass is 1810 g/mol. The van der Waals surface area contributed by atoms with Gasteiger partial charge in [-0.05, 0) is 266 Å². The molecule has 0 radical (unpaired) electrons. The summed E-state index contributed by atoms with van der Waals surface area (Å²) < 4.78 is 11.0. The van der Waals surface area contributed by atoms with Crippen molar-refractivity contribution >= 4 is 0 Å². The molecule has 10 aromatic carbocycles. The van der Waals surface area contributed by atoms with Gasteiger partial charge in [-0.25, -0.2) is 22.8 Å². The lowest BCUT2D eigenvalue weighted by atomic mass is 9.94.